The van der Waals surface area contributed by atoms with Gasteiger partial charge in [-0.25, -0.2) is 4.68 Å². The highest BCUT2D eigenvalue weighted by atomic mass is 15.4. The number of para-hydroxylation sites is 1. The maximum Gasteiger partial charge on any atom is 0.0971 e. The van der Waals surface area contributed by atoms with Gasteiger partial charge in [0.1, 0.15) is 0 Å². The molecule has 0 unspecified atom stereocenters. The lowest BCUT2D eigenvalue weighted by Crippen LogP contribution is -2.56. The van der Waals surface area contributed by atoms with E-state index in [9.17, 15) is 0 Å². The van der Waals surface area contributed by atoms with Crippen molar-refractivity contribution in [2.24, 2.45) is 5.41 Å². The van der Waals surface area contributed by atoms with Gasteiger partial charge in [0.2, 0.25) is 0 Å². The maximum atomic E-state index is 4.32. The summed E-state index contributed by atoms with van der Waals surface area (Å²) in [6, 6.07) is 10.2. The van der Waals surface area contributed by atoms with Crippen LogP contribution in [0.2, 0.25) is 0 Å². The van der Waals surface area contributed by atoms with E-state index in [0.717, 1.165) is 17.9 Å². The van der Waals surface area contributed by atoms with Gasteiger partial charge in [-0.05, 0) is 30.4 Å². The summed E-state index contributed by atoms with van der Waals surface area (Å²) in [5.41, 5.74) is 2.79. The Hall–Kier alpha value is -1.68. The third-order valence-corrected chi connectivity index (χ3v) is 4.98. The van der Waals surface area contributed by atoms with E-state index in [4.69, 9.17) is 0 Å². The fraction of sp³-hybridized carbons (Fsp3) is 0.529. The molecule has 0 N–H and O–H groups in total. The second-order valence-corrected chi connectivity index (χ2v) is 6.70. The Morgan fingerprint density at radius 1 is 1.00 bits per heavy atom. The molecular formula is C17H22N4. The molecule has 2 aliphatic rings. The molecule has 1 aromatic heterocycles. The predicted octanol–water partition coefficient (Wildman–Crippen LogP) is 3.03. The molecule has 1 aliphatic heterocycles. The summed E-state index contributed by atoms with van der Waals surface area (Å²) in [6.07, 6.45) is 9.21. The normalized spacial score (nSPS) is 21.3. The van der Waals surface area contributed by atoms with E-state index in [1.165, 1.54) is 45.2 Å². The molecule has 0 bridgehead atoms. The van der Waals surface area contributed by atoms with E-state index < -0.39 is 0 Å². The van der Waals surface area contributed by atoms with E-state index >= 15 is 0 Å². The maximum absolute atomic E-state index is 4.32. The molecular weight excluding hydrogens is 260 g/mol. The topological polar surface area (TPSA) is 34.0 Å². The van der Waals surface area contributed by atoms with Gasteiger partial charge in [0.15, 0.2) is 0 Å². The van der Waals surface area contributed by atoms with Crippen LogP contribution in [0.4, 0.5) is 0 Å². The largest absolute Gasteiger partial charge is 0.296 e. The summed E-state index contributed by atoms with van der Waals surface area (Å²) in [5, 5.41) is 8.56. The van der Waals surface area contributed by atoms with Crippen LogP contribution in [0.3, 0.4) is 0 Å². The lowest BCUT2D eigenvalue weighted by Gasteiger charge is -2.52. The Morgan fingerprint density at radius 3 is 2.52 bits per heavy atom. The van der Waals surface area contributed by atoms with Crippen LogP contribution in [0.1, 0.15) is 37.8 Å². The Morgan fingerprint density at radius 2 is 1.76 bits per heavy atom. The molecule has 2 fully saturated rings. The van der Waals surface area contributed by atoms with Crippen LogP contribution >= 0.6 is 0 Å². The number of aromatic nitrogens is 3. The van der Waals surface area contributed by atoms with Crippen molar-refractivity contribution in [3.05, 3.63) is 42.2 Å². The van der Waals surface area contributed by atoms with Crippen LogP contribution in [0.15, 0.2) is 36.5 Å². The Labute approximate surface area is 125 Å². The highest BCUT2D eigenvalue weighted by molar-refractivity contribution is 5.29. The first-order valence-corrected chi connectivity index (χ1v) is 8.02. The molecule has 0 amide bonds. The quantitative estimate of drug-likeness (QED) is 0.867. The van der Waals surface area contributed by atoms with Gasteiger partial charge in [-0.2, -0.15) is 0 Å². The minimum absolute atomic E-state index is 0.647. The lowest BCUT2D eigenvalue weighted by atomic mass is 9.68. The fourth-order valence-corrected chi connectivity index (χ4v) is 3.94. The van der Waals surface area contributed by atoms with Crippen LogP contribution < -0.4 is 0 Å². The molecule has 4 rings (SSSR count). The van der Waals surface area contributed by atoms with E-state index in [0.29, 0.717) is 5.41 Å². The molecule has 4 heteroatoms. The Bertz CT molecular complexity index is 590. The van der Waals surface area contributed by atoms with Crippen LogP contribution in [0, 0.1) is 5.41 Å². The summed E-state index contributed by atoms with van der Waals surface area (Å²) in [6.45, 7) is 3.45. The standard InChI is InChI=1S/C17H22N4/c1-3-7-16(8-4-1)21-12-15(18-19-21)11-20-13-17(14-20)9-5-2-6-10-17/h1,3-4,7-8,12H,2,5-6,9-11,13-14H2. The monoisotopic (exact) mass is 282 g/mol. The number of hydrogen-bond acceptors (Lipinski definition) is 3. The molecule has 110 valence electrons. The zero-order valence-electron chi connectivity index (χ0n) is 12.4. The second-order valence-electron chi connectivity index (χ2n) is 6.70. The summed E-state index contributed by atoms with van der Waals surface area (Å²) < 4.78 is 1.87. The average Bonchev–Trinajstić information content (AvgIpc) is 2.96. The molecule has 1 aromatic carbocycles. The Kier molecular flexibility index (Phi) is 3.26. The molecule has 2 heterocycles. The first kappa shape index (κ1) is 13.0. The van der Waals surface area contributed by atoms with Gasteiger partial charge in [0.25, 0.3) is 0 Å². The van der Waals surface area contributed by atoms with Crippen LogP contribution in [0.5, 0.6) is 0 Å². The molecule has 1 spiro atoms. The van der Waals surface area contributed by atoms with Crippen LogP contribution in [-0.4, -0.2) is 33.0 Å². The van der Waals surface area contributed by atoms with Gasteiger partial charge in [-0.1, -0.05) is 42.7 Å². The van der Waals surface area contributed by atoms with E-state index in [1.807, 2.05) is 22.9 Å². The molecule has 1 aliphatic carbocycles. The first-order valence-electron chi connectivity index (χ1n) is 8.02. The van der Waals surface area contributed by atoms with Crippen molar-refractivity contribution in [1.82, 2.24) is 19.9 Å². The van der Waals surface area contributed by atoms with Crippen molar-refractivity contribution in [2.45, 2.75) is 38.6 Å². The molecule has 0 atom stereocenters. The van der Waals surface area contributed by atoms with Gasteiger partial charge in [0.05, 0.1) is 17.6 Å². The molecule has 4 nitrogen and oxygen atoms in total. The number of nitrogens with zero attached hydrogens (tertiary/aromatic N) is 4. The van der Waals surface area contributed by atoms with Crippen molar-refractivity contribution in [3.63, 3.8) is 0 Å². The van der Waals surface area contributed by atoms with Gasteiger partial charge < -0.3 is 0 Å². The Balaban J connectivity index is 1.37. The van der Waals surface area contributed by atoms with Gasteiger partial charge in [0, 0.05) is 19.6 Å². The molecule has 21 heavy (non-hydrogen) atoms. The van der Waals surface area contributed by atoms with Crippen LogP contribution in [0.25, 0.3) is 5.69 Å². The zero-order valence-corrected chi connectivity index (χ0v) is 12.4. The van der Waals surface area contributed by atoms with Gasteiger partial charge in [-0.3, -0.25) is 4.90 Å². The van der Waals surface area contributed by atoms with E-state index in [1.54, 1.807) is 0 Å². The summed E-state index contributed by atoms with van der Waals surface area (Å²) in [7, 11) is 0. The lowest BCUT2D eigenvalue weighted by molar-refractivity contribution is -0.0339. The molecule has 2 aromatic rings. The smallest absolute Gasteiger partial charge is 0.0971 e. The number of hydrogen-bond donors (Lipinski definition) is 0. The summed E-state index contributed by atoms with van der Waals surface area (Å²) >= 11 is 0. The van der Waals surface area contributed by atoms with E-state index in [2.05, 4.69) is 33.5 Å². The summed E-state index contributed by atoms with van der Waals surface area (Å²) in [5.74, 6) is 0. The second kappa shape index (κ2) is 5.26. The van der Waals surface area contributed by atoms with Crippen molar-refractivity contribution < 1.29 is 0 Å². The average molecular weight is 282 g/mol. The van der Waals surface area contributed by atoms with Gasteiger partial charge in [-0.15, -0.1) is 5.10 Å². The fourth-order valence-electron chi connectivity index (χ4n) is 3.94. The highest BCUT2D eigenvalue weighted by Gasteiger charge is 2.43. The minimum atomic E-state index is 0.647. The number of likely N-dealkylation sites (tertiary alicyclic amines) is 1. The first-order chi connectivity index (χ1) is 10.3. The zero-order chi connectivity index (χ0) is 14.1. The number of rotatable bonds is 3. The SMILES string of the molecule is c1ccc(-n2cc(CN3CC4(CCCCC4)C3)nn2)cc1. The number of benzene rings is 1. The van der Waals surface area contributed by atoms with Crippen molar-refractivity contribution in [1.29, 1.82) is 0 Å². The highest BCUT2D eigenvalue weighted by Crippen LogP contribution is 2.44. The van der Waals surface area contributed by atoms with Crippen molar-refractivity contribution in [3.8, 4) is 5.69 Å². The van der Waals surface area contributed by atoms with Crippen molar-refractivity contribution in [2.75, 3.05) is 13.1 Å². The predicted molar refractivity (Wildman–Crippen MR) is 82.2 cm³/mol. The molecule has 1 saturated carbocycles. The molecule has 1 saturated heterocycles. The molecule has 0 radical (unpaired) electrons. The minimum Gasteiger partial charge on any atom is -0.296 e. The third kappa shape index (κ3) is 2.60. The van der Waals surface area contributed by atoms with Crippen LogP contribution in [-0.2, 0) is 6.54 Å². The van der Waals surface area contributed by atoms with Gasteiger partial charge >= 0.3 is 0 Å². The van der Waals surface area contributed by atoms with E-state index in [-0.39, 0.29) is 0 Å². The van der Waals surface area contributed by atoms with Crippen molar-refractivity contribution >= 4 is 0 Å². The summed E-state index contributed by atoms with van der Waals surface area (Å²) in [4.78, 5) is 2.52. The third-order valence-electron chi connectivity index (χ3n) is 4.98.